The highest BCUT2D eigenvalue weighted by Gasteiger charge is 2.35. The van der Waals surface area contributed by atoms with Gasteiger partial charge in [0.25, 0.3) is 5.91 Å². The molecule has 1 aliphatic rings. The van der Waals surface area contributed by atoms with Gasteiger partial charge in [-0.25, -0.2) is 8.42 Å². The fourth-order valence-corrected chi connectivity index (χ4v) is 5.48. The molecule has 27 heavy (non-hydrogen) atoms. The molecule has 1 unspecified atom stereocenters. The molecule has 3 rings (SSSR count). The molecule has 0 spiro atoms. The number of nitrogens with zero attached hydrogens (tertiary/aromatic N) is 1. The molecule has 0 aliphatic carbocycles. The monoisotopic (exact) mass is 451 g/mol. The highest BCUT2D eigenvalue weighted by molar-refractivity contribution is 9.10. The minimum absolute atomic E-state index is 0.00352. The molecule has 0 radical (unpaired) electrons. The summed E-state index contributed by atoms with van der Waals surface area (Å²) in [6.45, 7) is 2.66. The summed E-state index contributed by atoms with van der Waals surface area (Å²) in [6.07, 6.45) is 0.457. The van der Waals surface area contributed by atoms with E-state index in [2.05, 4.69) is 15.9 Å². The van der Waals surface area contributed by atoms with E-state index in [0.29, 0.717) is 30.9 Å². The van der Waals surface area contributed by atoms with Crippen LogP contribution in [0.25, 0.3) is 0 Å². The molecule has 7 heteroatoms. The van der Waals surface area contributed by atoms with Gasteiger partial charge < -0.3 is 9.64 Å². The predicted molar refractivity (Wildman–Crippen MR) is 109 cm³/mol. The number of benzene rings is 2. The maximum Gasteiger partial charge on any atom is 0.258 e. The number of hydrogen-bond donors (Lipinski definition) is 0. The lowest BCUT2D eigenvalue weighted by Gasteiger charge is -2.29. The summed E-state index contributed by atoms with van der Waals surface area (Å²) < 4.78 is 30.5. The number of ether oxygens (including phenoxy) is 1. The Bertz CT molecular complexity index is 929. The second kappa shape index (κ2) is 8.44. The Morgan fingerprint density at radius 2 is 2.00 bits per heavy atom. The number of amides is 1. The molecule has 5 nitrogen and oxygen atoms in total. The first kappa shape index (κ1) is 19.9. The lowest BCUT2D eigenvalue weighted by atomic mass is 10.1. The Labute approximate surface area is 168 Å². The van der Waals surface area contributed by atoms with E-state index in [-0.39, 0.29) is 23.5 Å². The van der Waals surface area contributed by atoms with Crippen LogP contribution in [0.15, 0.2) is 53.0 Å². The van der Waals surface area contributed by atoms with Crippen LogP contribution >= 0.6 is 15.9 Å². The van der Waals surface area contributed by atoms with Crippen LogP contribution in [0.3, 0.4) is 0 Å². The Kier molecular flexibility index (Phi) is 6.22. The second-order valence-electron chi connectivity index (χ2n) is 6.55. The Morgan fingerprint density at radius 3 is 2.67 bits per heavy atom. The summed E-state index contributed by atoms with van der Waals surface area (Å²) in [5, 5.41) is 0. The summed E-state index contributed by atoms with van der Waals surface area (Å²) in [5.41, 5.74) is 1.40. The third kappa shape index (κ3) is 4.90. The second-order valence-corrected chi connectivity index (χ2v) is 9.69. The summed E-state index contributed by atoms with van der Waals surface area (Å²) in [7, 11) is -3.11. The van der Waals surface area contributed by atoms with Crippen molar-refractivity contribution in [2.75, 3.05) is 18.1 Å². The third-order valence-electron chi connectivity index (χ3n) is 4.57. The van der Waals surface area contributed by atoms with E-state index in [1.54, 1.807) is 23.1 Å². The third-order valence-corrected chi connectivity index (χ3v) is 6.81. The number of carbonyl (C=O) groups is 1. The van der Waals surface area contributed by atoms with Crippen molar-refractivity contribution >= 4 is 31.7 Å². The highest BCUT2D eigenvalue weighted by atomic mass is 79.9. The van der Waals surface area contributed by atoms with Crippen LogP contribution in [0.4, 0.5) is 0 Å². The van der Waals surface area contributed by atoms with Gasteiger partial charge in [-0.3, -0.25) is 4.79 Å². The molecule has 2 aromatic rings. The smallest absolute Gasteiger partial charge is 0.258 e. The van der Waals surface area contributed by atoms with Crippen LogP contribution in [0.2, 0.25) is 0 Å². The molecule has 1 atom stereocenters. The average Bonchev–Trinajstić information content (AvgIpc) is 2.99. The molecule has 1 aliphatic heterocycles. The van der Waals surface area contributed by atoms with Crippen LogP contribution in [0.1, 0.15) is 29.3 Å². The highest BCUT2D eigenvalue weighted by Crippen LogP contribution is 2.26. The summed E-state index contributed by atoms with van der Waals surface area (Å²) in [5.74, 6) is 0.433. The van der Waals surface area contributed by atoms with Gasteiger partial charge in [-0.1, -0.05) is 40.2 Å². The van der Waals surface area contributed by atoms with E-state index in [0.717, 1.165) is 10.0 Å². The van der Waals surface area contributed by atoms with Crippen molar-refractivity contribution in [3.05, 3.63) is 64.1 Å². The SMILES string of the molecule is CCOc1ccccc1C(=O)N(Cc1cccc(Br)c1)C1CCS(=O)(=O)C1. The van der Waals surface area contributed by atoms with Crippen molar-refractivity contribution in [1.29, 1.82) is 0 Å². The first-order chi connectivity index (χ1) is 12.9. The molecule has 1 saturated heterocycles. The van der Waals surface area contributed by atoms with Gasteiger partial charge in [0.05, 0.1) is 23.7 Å². The predicted octanol–water partition coefficient (Wildman–Crippen LogP) is 3.68. The van der Waals surface area contributed by atoms with E-state index in [1.807, 2.05) is 37.3 Å². The van der Waals surface area contributed by atoms with Gasteiger partial charge in [0, 0.05) is 17.1 Å². The number of sulfone groups is 1. The van der Waals surface area contributed by atoms with E-state index in [4.69, 9.17) is 4.74 Å². The Morgan fingerprint density at radius 1 is 1.22 bits per heavy atom. The van der Waals surface area contributed by atoms with Gasteiger partial charge in [-0.05, 0) is 43.2 Å². The Hall–Kier alpha value is -1.86. The van der Waals surface area contributed by atoms with Crippen LogP contribution in [-0.4, -0.2) is 43.4 Å². The summed E-state index contributed by atoms with van der Waals surface area (Å²) >= 11 is 3.45. The molecule has 144 valence electrons. The molecule has 0 aromatic heterocycles. The van der Waals surface area contributed by atoms with Crippen molar-refractivity contribution in [2.45, 2.75) is 25.9 Å². The Balaban J connectivity index is 1.95. The molecule has 0 N–H and O–H groups in total. The van der Waals surface area contributed by atoms with Crippen LogP contribution in [0, 0.1) is 0 Å². The fourth-order valence-electron chi connectivity index (χ4n) is 3.30. The number of hydrogen-bond acceptors (Lipinski definition) is 4. The first-order valence-corrected chi connectivity index (χ1v) is 11.5. The topological polar surface area (TPSA) is 63.7 Å². The number of halogens is 1. The van der Waals surface area contributed by atoms with E-state index in [9.17, 15) is 13.2 Å². The molecule has 1 amide bonds. The van der Waals surface area contributed by atoms with Crippen LogP contribution < -0.4 is 4.74 Å². The van der Waals surface area contributed by atoms with E-state index < -0.39 is 9.84 Å². The van der Waals surface area contributed by atoms with Crippen LogP contribution in [0.5, 0.6) is 5.75 Å². The van der Waals surface area contributed by atoms with Crippen molar-refractivity contribution in [1.82, 2.24) is 4.90 Å². The van der Waals surface area contributed by atoms with Gasteiger partial charge in [0.15, 0.2) is 9.84 Å². The lowest BCUT2D eigenvalue weighted by molar-refractivity contribution is 0.0676. The maximum absolute atomic E-state index is 13.4. The maximum atomic E-state index is 13.4. The number of rotatable bonds is 6. The summed E-state index contributed by atoms with van der Waals surface area (Å²) in [4.78, 5) is 15.0. The van der Waals surface area contributed by atoms with Crippen molar-refractivity contribution in [2.24, 2.45) is 0 Å². The van der Waals surface area contributed by atoms with Gasteiger partial charge >= 0.3 is 0 Å². The summed E-state index contributed by atoms with van der Waals surface area (Å²) in [6, 6.07) is 14.5. The average molecular weight is 452 g/mol. The molecule has 1 fully saturated rings. The first-order valence-electron chi connectivity index (χ1n) is 8.87. The molecule has 0 bridgehead atoms. The minimum Gasteiger partial charge on any atom is -0.493 e. The number of carbonyl (C=O) groups excluding carboxylic acids is 1. The minimum atomic E-state index is -3.11. The molecule has 1 heterocycles. The number of para-hydroxylation sites is 1. The zero-order valence-corrected chi connectivity index (χ0v) is 17.5. The van der Waals surface area contributed by atoms with Crippen molar-refractivity contribution < 1.29 is 17.9 Å². The molecule has 0 saturated carbocycles. The zero-order chi connectivity index (χ0) is 19.4. The lowest BCUT2D eigenvalue weighted by Crippen LogP contribution is -2.40. The van der Waals surface area contributed by atoms with Gasteiger partial charge in [0.2, 0.25) is 0 Å². The largest absolute Gasteiger partial charge is 0.493 e. The van der Waals surface area contributed by atoms with Gasteiger partial charge in [-0.2, -0.15) is 0 Å². The molecular formula is C20H22BrNO4S. The van der Waals surface area contributed by atoms with E-state index in [1.165, 1.54) is 0 Å². The van der Waals surface area contributed by atoms with Gasteiger partial charge in [-0.15, -0.1) is 0 Å². The zero-order valence-electron chi connectivity index (χ0n) is 15.1. The molecular weight excluding hydrogens is 430 g/mol. The standard InChI is InChI=1S/C20H22BrNO4S/c1-2-26-19-9-4-3-8-18(19)20(23)22(17-10-11-27(24,25)14-17)13-15-6-5-7-16(21)12-15/h3-9,12,17H,2,10-11,13-14H2,1H3. The van der Waals surface area contributed by atoms with Crippen molar-refractivity contribution in [3.8, 4) is 5.75 Å². The normalized spacial score (nSPS) is 18.2. The molecule has 2 aromatic carbocycles. The quantitative estimate of drug-likeness (QED) is 0.671. The van der Waals surface area contributed by atoms with Crippen LogP contribution in [-0.2, 0) is 16.4 Å². The fraction of sp³-hybridized carbons (Fsp3) is 0.350. The van der Waals surface area contributed by atoms with E-state index >= 15 is 0 Å². The van der Waals surface area contributed by atoms with Crippen molar-refractivity contribution in [3.63, 3.8) is 0 Å². The van der Waals surface area contributed by atoms with Gasteiger partial charge in [0.1, 0.15) is 5.75 Å².